The quantitative estimate of drug-likeness (QED) is 0.678. The summed E-state index contributed by atoms with van der Waals surface area (Å²) in [5.74, 6) is -0.802. The Balaban J connectivity index is 2.25. The molecule has 3 rings (SSSR count). The zero-order valence-electron chi connectivity index (χ0n) is 8.05. The topological polar surface area (TPSA) is 68.6 Å². The van der Waals surface area contributed by atoms with E-state index >= 15 is 0 Å². The van der Waals surface area contributed by atoms with E-state index in [-0.39, 0.29) is 10.8 Å². The third kappa shape index (κ3) is 1.39. The van der Waals surface area contributed by atoms with Crippen LogP contribution in [0.1, 0.15) is 12.8 Å². The Hall–Kier alpha value is -1.50. The number of hydrogen-bond acceptors (Lipinski definition) is 4. The highest BCUT2D eigenvalue weighted by atomic mass is 32.2. The van der Waals surface area contributed by atoms with E-state index in [1.54, 1.807) is 0 Å². The van der Waals surface area contributed by atoms with Crippen molar-refractivity contribution < 1.29 is 17.5 Å². The van der Waals surface area contributed by atoms with Crippen LogP contribution in [0.25, 0.3) is 0 Å². The molecule has 1 aliphatic carbocycles. The molecule has 2 heterocycles. The van der Waals surface area contributed by atoms with Gasteiger partial charge in [0.2, 0.25) is 5.88 Å². The first-order valence-electron chi connectivity index (χ1n) is 4.67. The van der Waals surface area contributed by atoms with E-state index in [9.17, 15) is 12.8 Å². The van der Waals surface area contributed by atoms with Gasteiger partial charge in [-0.2, -0.15) is 12.8 Å². The first kappa shape index (κ1) is 9.71. The van der Waals surface area contributed by atoms with Gasteiger partial charge in [0.25, 0.3) is 10.0 Å². The van der Waals surface area contributed by atoms with Crippen LogP contribution in [-0.2, 0) is 10.0 Å². The van der Waals surface area contributed by atoms with Gasteiger partial charge in [-0.15, -0.1) is 0 Å². The fraction of sp³-hybridized carbons (Fsp3) is 0.333. The highest BCUT2D eigenvalue weighted by Crippen LogP contribution is 2.42. The van der Waals surface area contributed by atoms with Gasteiger partial charge in [-0.05, 0) is 12.8 Å². The molecule has 16 heavy (non-hydrogen) atoms. The van der Waals surface area contributed by atoms with Gasteiger partial charge in [-0.25, -0.2) is 9.37 Å². The van der Waals surface area contributed by atoms with Crippen molar-refractivity contribution in [1.82, 2.24) is 4.98 Å². The molecule has 84 valence electrons. The Bertz CT molecular complexity index is 593. The van der Waals surface area contributed by atoms with Gasteiger partial charge in [0.05, 0.1) is 12.4 Å². The van der Waals surface area contributed by atoms with Crippen LogP contribution in [0.3, 0.4) is 0 Å². The summed E-state index contributed by atoms with van der Waals surface area (Å²) < 4.78 is 45.2. The Morgan fingerprint density at radius 3 is 2.88 bits per heavy atom. The standard InChI is InChI=1S/C9H7FN2O3S/c10-6-3-7-8(11-4-6)15-9(1-2-9)5-12-16(7,13)14/h3-5H,1-2H2. The number of sulfonamides is 1. The number of hydrogen-bond donors (Lipinski definition) is 0. The number of halogens is 1. The lowest BCUT2D eigenvalue weighted by molar-refractivity contribution is 0.237. The number of pyridine rings is 1. The van der Waals surface area contributed by atoms with Crippen molar-refractivity contribution in [3.63, 3.8) is 0 Å². The minimum Gasteiger partial charge on any atom is -0.464 e. The average Bonchev–Trinajstić information content (AvgIpc) is 2.99. The number of aromatic nitrogens is 1. The van der Waals surface area contributed by atoms with E-state index < -0.39 is 21.4 Å². The molecule has 0 bridgehead atoms. The maximum Gasteiger partial charge on any atom is 0.287 e. The highest BCUT2D eigenvalue weighted by Gasteiger charge is 2.47. The Morgan fingerprint density at radius 2 is 2.19 bits per heavy atom. The van der Waals surface area contributed by atoms with E-state index in [0.29, 0.717) is 12.8 Å². The van der Waals surface area contributed by atoms with E-state index in [4.69, 9.17) is 4.74 Å². The van der Waals surface area contributed by atoms with Crippen molar-refractivity contribution in [2.45, 2.75) is 23.3 Å². The number of fused-ring (bicyclic) bond motifs is 1. The molecule has 1 spiro atoms. The summed E-state index contributed by atoms with van der Waals surface area (Å²) >= 11 is 0. The van der Waals surface area contributed by atoms with Crippen molar-refractivity contribution in [3.05, 3.63) is 18.1 Å². The molecule has 0 aromatic carbocycles. The van der Waals surface area contributed by atoms with Gasteiger partial charge >= 0.3 is 0 Å². The maximum absolute atomic E-state index is 12.9. The molecule has 0 amide bonds. The number of nitrogens with zero attached hydrogens (tertiary/aromatic N) is 2. The molecular weight excluding hydrogens is 235 g/mol. The van der Waals surface area contributed by atoms with Gasteiger partial charge in [0, 0.05) is 6.07 Å². The van der Waals surface area contributed by atoms with Crippen LogP contribution < -0.4 is 4.74 Å². The summed E-state index contributed by atoms with van der Waals surface area (Å²) in [5, 5.41) is 0. The summed E-state index contributed by atoms with van der Waals surface area (Å²) in [6.07, 6.45) is 3.59. The molecular formula is C9H7FN2O3S. The molecule has 1 aliphatic heterocycles. The summed E-state index contributed by atoms with van der Waals surface area (Å²) in [4.78, 5) is 3.34. The van der Waals surface area contributed by atoms with E-state index in [0.717, 1.165) is 12.3 Å². The monoisotopic (exact) mass is 242 g/mol. The van der Waals surface area contributed by atoms with Crippen molar-refractivity contribution in [3.8, 4) is 5.88 Å². The van der Waals surface area contributed by atoms with Gasteiger partial charge in [-0.3, -0.25) is 0 Å². The molecule has 2 aliphatic rings. The summed E-state index contributed by atoms with van der Waals surface area (Å²) in [7, 11) is -3.89. The lowest BCUT2D eigenvalue weighted by Gasteiger charge is -2.10. The van der Waals surface area contributed by atoms with Crippen LogP contribution in [0.4, 0.5) is 4.39 Å². The van der Waals surface area contributed by atoms with Gasteiger partial charge < -0.3 is 4.74 Å². The first-order chi connectivity index (χ1) is 7.51. The van der Waals surface area contributed by atoms with Crippen LogP contribution in [0.15, 0.2) is 21.6 Å². The lowest BCUT2D eigenvalue weighted by Crippen LogP contribution is -2.19. The van der Waals surface area contributed by atoms with Crippen molar-refractivity contribution in [2.24, 2.45) is 4.40 Å². The largest absolute Gasteiger partial charge is 0.464 e. The average molecular weight is 242 g/mol. The molecule has 0 saturated heterocycles. The summed E-state index contributed by atoms with van der Waals surface area (Å²) in [6.45, 7) is 0. The Morgan fingerprint density at radius 1 is 1.44 bits per heavy atom. The number of rotatable bonds is 0. The molecule has 0 unspecified atom stereocenters. The summed E-state index contributed by atoms with van der Waals surface area (Å²) in [6, 6.07) is 0.871. The van der Waals surface area contributed by atoms with Gasteiger partial charge in [0.1, 0.15) is 11.4 Å². The van der Waals surface area contributed by atoms with Crippen LogP contribution in [0, 0.1) is 5.82 Å². The highest BCUT2D eigenvalue weighted by molar-refractivity contribution is 7.90. The second-order valence-electron chi connectivity index (χ2n) is 3.83. The molecule has 5 nitrogen and oxygen atoms in total. The lowest BCUT2D eigenvalue weighted by atomic mass is 10.4. The minimum atomic E-state index is -3.89. The predicted octanol–water partition coefficient (Wildman–Crippen LogP) is 0.905. The van der Waals surface area contributed by atoms with Gasteiger partial charge in [0.15, 0.2) is 4.90 Å². The zero-order chi connectivity index (χ0) is 11.4. The second kappa shape index (κ2) is 2.79. The zero-order valence-corrected chi connectivity index (χ0v) is 8.87. The molecule has 1 saturated carbocycles. The third-order valence-corrected chi connectivity index (χ3v) is 3.76. The van der Waals surface area contributed by atoms with Gasteiger partial charge in [-0.1, -0.05) is 0 Å². The molecule has 7 heteroatoms. The SMILES string of the molecule is O=S1(=O)N=CC2(CC2)Oc2ncc(F)cc21. The van der Waals surface area contributed by atoms with Crippen molar-refractivity contribution in [2.75, 3.05) is 0 Å². The molecule has 1 aromatic rings. The Labute approximate surface area is 91.0 Å². The molecule has 0 atom stereocenters. The molecule has 1 fully saturated rings. The van der Waals surface area contributed by atoms with Crippen LogP contribution in [0.5, 0.6) is 5.88 Å². The van der Waals surface area contributed by atoms with Crippen LogP contribution in [-0.4, -0.2) is 25.2 Å². The fourth-order valence-corrected chi connectivity index (χ4v) is 2.49. The van der Waals surface area contributed by atoms with E-state index in [2.05, 4.69) is 9.38 Å². The molecule has 0 radical (unpaired) electrons. The van der Waals surface area contributed by atoms with E-state index in [1.165, 1.54) is 6.21 Å². The predicted molar refractivity (Wildman–Crippen MR) is 52.5 cm³/mol. The van der Waals surface area contributed by atoms with E-state index in [1.807, 2.05) is 0 Å². The Kier molecular flexibility index (Phi) is 1.69. The smallest absolute Gasteiger partial charge is 0.287 e. The second-order valence-corrected chi connectivity index (χ2v) is 5.43. The normalized spacial score (nSPS) is 23.3. The number of ether oxygens (including phenoxy) is 1. The maximum atomic E-state index is 12.9. The van der Waals surface area contributed by atoms with Crippen LogP contribution in [0.2, 0.25) is 0 Å². The van der Waals surface area contributed by atoms with Crippen molar-refractivity contribution >= 4 is 16.2 Å². The minimum absolute atomic E-state index is 0.0728. The third-order valence-electron chi connectivity index (χ3n) is 2.53. The fourth-order valence-electron chi connectivity index (χ4n) is 1.47. The first-order valence-corrected chi connectivity index (χ1v) is 6.11. The summed E-state index contributed by atoms with van der Waals surface area (Å²) in [5.41, 5.74) is -0.650. The van der Waals surface area contributed by atoms with Crippen LogP contribution >= 0.6 is 0 Å². The molecule has 1 aromatic heterocycles. The molecule has 0 N–H and O–H groups in total. The van der Waals surface area contributed by atoms with Crippen molar-refractivity contribution in [1.29, 1.82) is 0 Å².